The quantitative estimate of drug-likeness (QED) is 0.931. The minimum atomic E-state index is 0.343. The molecule has 0 aliphatic carbocycles. The van der Waals surface area contributed by atoms with Crippen LogP contribution in [-0.2, 0) is 6.42 Å². The van der Waals surface area contributed by atoms with Crippen LogP contribution in [0.2, 0.25) is 0 Å². The van der Waals surface area contributed by atoms with Gasteiger partial charge in [-0.3, -0.25) is 4.98 Å². The molecule has 0 aliphatic heterocycles. The van der Waals surface area contributed by atoms with E-state index < -0.39 is 0 Å². The number of hydrogen-bond donors (Lipinski definition) is 1. The first-order chi connectivity index (χ1) is 8.20. The number of thiophene rings is 1. The molecule has 1 N–H and O–H groups in total. The molecule has 0 aromatic carbocycles. The van der Waals surface area contributed by atoms with E-state index in [1.165, 1.54) is 11.1 Å². The summed E-state index contributed by atoms with van der Waals surface area (Å²) in [5.74, 6) is 0. The molecule has 0 amide bonds. The van der Waals surface area contributed by atoms with Crippen LogP contribution in [0.4, 0.5) is 0 Å². The predicted octanol–water partition coefficient (Wildman–Crippen LogP) is 3.72. The molecule has 17 heavy (non-hydrogen) atoms. The molecule has 2 nitrogen and oxygen atoms in total. The fraction of sp³-hybridized carbons (Fsp3) is 0.308. The van der Waals surface area contributed by atoms with Gasteiger partial charge in [0.2, 0.25) is 0 Å². The molecule has 4 heteroatoms. The SMILES string of the molecule is CNC(Cc1ccc(Br)cn1)c1cscc1C. The van der Waals surface area contributed by atoms with Crippen LogP contribution < -0.4 is 5.32 Å². The maximum atomic E-state index is 4.42. The molecule has 2 rings (SSSR count). The van der Waals surface area contributed by atoms with E-state index in [1.807, 2.05) is 19.3 Å². The van der Waals surface area contributed by atoms with Gasteiger partial charge in [0.05, 0.1) is 0 Å². The van der Waals surface area contributed by atoms with Crippen molar-refractivity contribution in [1.82, 2.24) is 10.3 Å². The van der Waals surface area contributed by atoms with Gasteiger partial charge >= 0.3 is 0 Å². The summed E-state index contributed by atoms with van der Waals surface area (Å²) >= 11 is 5.16. The molecule has 1 unspecified atom stereocenters. The van der Waals surface area contributed by atoms with E-state index in [-0.39, 0.29) is 0 Å². The number of hydrogen-bond acceptors (Lipinski definition) is 3. The van der Waals surface area contributed by atoms with Gasteiger partial charge in [-0.2, -0.15) is 11.3 Å². The average Bonchev–Trinajstić information content (AvgIpc) is 2.75. The molecule has 0 spiro atoms. The number of pyridine rings is 1. The van der Waals surface area contributed by atoms with E-state index in [1.54, 1.807) is 11.3 Å². The van der Waals surface area contributed by atoms with Crippen molar-refractivity contribution in [1.29, 1.82) is 0 Å². The molecule has 2 aromatic rings. The summed E-state index contributed by atoms with van der Waals surface area (Å²) < 4.78 is 1.02. The summed E-state index contributed by atoms with van der Waals surface area (Å²) in [6.45, 7) is 2.16. The van der Waals surface area contributed by atoms with Gasteiger partial charge in [0, 0.05) is 28.8 Å². The molecule has 2 heterocycles. The van der Waals surface area contributed by atoms with Crippen LogP contribution in [0.5, 0.6) is 0 Å². The predicted molar refractivity (Wildman–Crippen MR) is 76.5 cm³/mol. The van der Waals surface area contributed by atoms with Gasteiger partial charge < -0.3 is 5.32 Å². The van der Waals surface area contributed by atoms with Crippen LogP contribution >= 0.6 is 27.3 Å². The fourth-order valence-electron chi connectivity index (χ4n) is 1.83. The summed E-state index contributed by atoms with van der Waals surface area (Å²) in [6.07, 6.45) is 2.77. The Morgan fingerprint density at radius 2 is 2.24 bits per heavy atom. The third kappa shape index (κ3) is 3.15. The largest absolute Gasteiger partial charge is 0.313 e. The molecule has 0 bridgehead atoms. The minimum absolute atomic E-state index is 0.343. The highest BCUT2D eigenvalue weighted by molar-refractivity contribution is 9.10. The number of likely N-dealkylation sites (N-methyl/N-ethyl adjacent to an activating group) is 1. The second-order valence-electron chi connectivity index (χ2n) is 4.02. The van der Waals surface area contributed by atoms with Crippen LogP contribution in [0.1, 0.15) is 22.9 Å². The molecular formula is C13H15BrN2S. The minimum Gasteiger partial charge on any atom is -0.313 e. The van der Waals surface area contributed by atoms with Gasteiger partial charge in [0.15, 0.2) is 0 Å². The first-order valence-electron chi connectivity index (χ1n) is 5.51. The third-order valence-electron chi connectivity index (χ3n) is 2.82. The standard InChI is InChI=1S/C13H15BrN2S/c1-9-7-17-8-12(9)13(15-2)5-11-4-3-10(14)6-16-11/h3-4,6-8,13,15H,5H2,1-2H3. The third-order valence-corrected chi connectivity index (χ3v) is 4.17. The number of aromatic nitrogens is 1. The molecular weight excluding hydrogens is 296 g/mol. The Bertz CT molecular complexity index is 478. The molecule has 0 radical (unpaired) electrons. The first-order valence-corrected chi connectivity index (χ1v) is 7.24. The molecule has 0 aliphatic rings. The Morgan fingerprint density at radius 1 is 1.41 bits per heavy atom. The zero-order chi connectivity index (χ0) is 12.3. The lowest BCUT2D eigenvalue weighted by Crippen LogP contribution is -2.19. The number of nitrogens with zero attached hydrogens (tertiary/aromatic N) is 1. The van der Waals surface area contributed by atoms with Crippen molar-refractivity contribution < 1.29 is 0 Å². The van der Waals surface area contributed by atoms with Gasteiger partial charge in [0.1, 0.15) is 0 Å². The highest BCUT2D eigenvalue weighted by Crippen LogP contribution is 2.24. The zero-order valence-corrected chi connectivity index (χ0v) is 12.3. The number of rotatable bonds is 4. The summed E-state index contributed by atoms with van der Waals surface area (Å²) in [5.41, 5.74) is 3.84. The second kappa shape index (κ2) is 5.76. The highest BCUT2D eigenvalue weighted by Gasteiger charge is 2.13. The van der Waals surface area contributed by atoms with Crippen LogP contribution in [-0.4, -0.2) is 12.0 Å². The van der Waals surface area contributed by atoms with Crippen LogP contribution in [0.15, 0.2) is 33.6 Å². The van der Waals surface area contributed by atoms with Crippen LogP contribution in [0.25, 0.3) is 0 Å². The Kier molecular flexibility index (Phi) is 4.31. The van der Waals surface area contributed by atoms with E-state index in [0.29, 0.717) is 6.04 Å². The second-order valence-corrected chi connectivity index (χ2v) is 5.68. The lowest BCUT2D eigenvalue weighted by atomic mass is 10.0. The number of aryl methyl sites for hydroxylation is 1. The molecule has 1 atom stereocenters. The lowest BCUT2D eigenvalue weighted by molar-refractivity contribution is 0.583. The van der Waals surface area contributed by atoms with Crippen LogP contribution in [0.3, 0.4) is 0 Å². The molecule has 0 saturated carbocycles. The Morgan fingerprint density at radius 3 is 2.76 bits per heavy atom. The summed E-state index contributed by atoms with van der Waals surface area (Å²) in [6, 6.07) is 4.45. The smallest absolute Gasteiger partial charge is 0.0423 e. The lowest BCUT2D eigenvalue weighted by Gasteiger charge is -2.15. The van der Waals surface area contributed by atoms with E-state index in [4.69, 9.17) is 0 Å². The molecule has 90 valence electrons. The summed E-state index contributed by atoms with van der Waals surface area (Å²) in [7, 11) is 2.00. The normalized spacial score (nSPS) is 12.6. The van der Waals surface area contributed by atoms with Crippen molar-refractivity contribution in [3.63, 3.8) is 0 Å². The monoisotopic (exact) mass is 310 g/mol. The van der Waals surface area contributed by atoms with Crippen molar-refractivity contribution >= 4 is 27.3 Å². The number of nitrogens with one attached hydrogen (secondary N) is 1. The summed E-state index contributed by atoms with van der Waals surface area (Å²) in [5, 5.41) is 7.77. The van der Waals surface area contributed by atoms with Crippen LogP contribution in [0, 0.1) is 6.92 Å². The Hall–Kier alpha value is -0.710. The van der Waals surface area contributed by atoms with Gasteiger partial charge in [-0.15, -0.1) is 0 Å². The van der Waals surface area contributed by atoms with Gasteiger partial charge in [-0.1, -0.05) is 0 Å². The Balaban J connectivity index is 2.16. The fourth-order valence-corrected chi connectivity index (χ4v) is 2.97. The molecule has 0 saturated heterocycles. The maximum absolute atomic E-state index is 4.42. The van der Waals surface area contributed by atoms with E-state index in [9.17, 15) is 0 Å². The van der Waals surface area contributed by atoms with Crippen molar-refractivity contribution in [3.05, 3.63) is 50.4 Å². The van der Waals surface area contributed by atoms with Crippen molar-refractivity contribution in [2.75, 3.05) is 7.05 Å². The summed E-state index contributed by atoms with van der Waals surface area (Å²) in [4.78, 5) is 4.42. The van der Waals surface area contributed by atoms with Crippen molar-refractivity contribution in [3.8, 4) is 0 Å². The van der Waals surface area contributed by atoms with E-state index in [2.05, 4.69) is 50.0 Å². The van der Waals surface area contributed by atoms with Crippen molar-refractivity contribution in [2.24, 2.45) is 0 Å². The average molecular weight is 311 g/mol. The molecule has 0 fully saturated rings. The van der Waals surface area contributed by atoms with E-state index >= 15 is 0 Å². The van der Waals surface area contributed by atoms with Crippen molar-refractivity contribution in [2.45, 2.75) is 19.4 Å². The van der Waals surface area contributed by atoms with Gasteiger partial charge in [0.25, 0.3) is 0 Å². The highest BCUT2D eigenvalue weighted by atomic mass is 79.9. The van der Waals surface area contributed by atoms with Gasteiger partial charge in [-0.05, 0) is 63.9 Å². The topological polar surface area (TPSA) is 24.9 Å². The van der Waals surface area contributed by atoms with Gasteiger partial charge in [-0.25, -0.2) is 0 Å². The first kappa shape index (κ1) is 12.7. The number of halogens is 1. The Labute approximate surface area is 114 Å². The van der Waals surface area contributed by atoms with E-state index in [0.717, 1.165) is 16.6 Å². The zero-order valence-electron chi connectivity index (χ0n) is 9.90. The maximum Gasteiger partial charge on any atom is 0.0423 e. The molecule has 2 aromatic heterocycles.